The molecule has 74 heavy (non-hydrogen) atoms. The summed E-state index contributed by atoms with van der Waals surface area (Å²) in [7, 11) is 0. The van der Waals surface area contributed by atoms with Crippen LogP contribution >= 0.6 is 0 Å². The van der Waals surface area contributed by atoms with Gasteiger partial charge in [0.05, 0.1) is 0 Å². The molecular weight excluding hydrogens is 913 g/mol. The number of carbonyl (C=O) groups is 3. The molecule has 0 rings (SSSR count). The van der Waals surface area contributed by atoms with E-state index in [1.165, 1.54) is 96.3 Å². The van der Waals surface area contributed by atoms with Crippen LogP contribution in [0.15, 0.2) is 122 Å². The lowest BCUT2D eigenvalue weighted by Crippen LogP contribution is -2.30. The zero-order valence-corrected chi connectivity index (χ0v) is 48.1. The monoisotopic (exact) mass is 1020 g/mol. The van der Waals surface area contributed by atoms with Crippen LogP contribution in [0.5, 0.6) is 0 Å². The predicted octanol–water partition coefficient (Wildman–Crippen LogP) is 20.8. The Hall–Kier alpha value is -4.19. The lowest BCUT2D eigenvalue weighted by Gasteiger charge is -2.18. The maximum atomic E-state index is 12.8. The smallest absolute Gasteiger partial charge is 0.306 e. The van der Waals surface area contributed by atoms with E-state index in [2.05, 4.69) is 142 Å². The van der Waals surface area contributed by atoms with Gasteiger partial charge < -0.3 is 14.2 Å². The minimum absolute atomic E-state index is 0.0922. The highest BCUT2D eigenvalue weighted by Crippen LogP contribution is 2.14. The number of rotatable bonds is 54. The molecule has 0 fully saturated rings. The van der Waals surface area contributed by atoms with E-state index in [4.69, 9.17) is 14.2 Å². The van der Waals surface area contributed by atoms with E-state index in [0.717, 1.165) is 135 Å². The Morgan fingerprint density at radius 2 is 0.527 bits per heavy atom. The molecule has 0 heterocycles. The van der Waals surface area contributed by atoms with Gasteiger partial charge in [-0.3, -0.25) is 14.4 Å². The summed E-state index contributed by atoms with van der Waals surface area (Å²) in [5.41, 5.74) is 0. The zero-order valence-electron chi connectivity index (χ0n) is 48.1. The summed E-state index contributed by atoms with van der Waals surface area (Å²) in [6.07, 6.45) is 84.9. The highest BCUT2D eigenvalue weighted by atomic mass is 16.6. The zero-order chi connectivity index (χ0) is 53.6. The van der Waals surface area contributed by atoms with Gasteiger partial charge in [0.15, 0.2) is 6.10 Å². The third-order valence-electron chi connectivity index (χ3n) is 12.7. The largest absolute Gasteiger partial charge is 0.462 e. The molecule has 6 heteroatoms. The predicted molar refractivity (Wildman–Crippen MR) is 320 cm³/mol. The number of allylic oxidation sites excluding steroid dienone is 20. The van der Waals surface area contributed by atoms with Crippen molar-refractivity contribution in [3.63, 3.8) is 0 Å². The molecule has 0 bridgehead atoms. The molecule has 1 atom stereocenters. The van der Waals surface area contributed by atoms with E-state index in [1.54, 1.807) is 0 Å². The van der Waals surface area contributed by atoms with Crippen LogP contribution in [0.1, 0.15) is 271 Å². The van der Waals surface area contributed by atoms with Crippen LogP contribution in [0.2, 0.25) is 0 Å². The van der Waals surface area contributed by atoms with Crippen molar-refractivity contribution in [3.05, 3.63) is 122 Å². The van der Waals surface area contributed by atoms with Crippen LogP contribution in [-0.4, -0.2) is 37.2 Å². The molecule has 0 aromatic heterocycles. The Balaban J connectivity index is 4.31. The maximum Gasteiger partial charge on any atom is 0.306 e. The van der Waals surface area contributed by atoms with Gasteiger partial charge in [-0.1, -0.05) is 258 Å². The van der Waals surface area contributed by atoms with Crippen molar-refractivity contribution in [1.82, 2.24) is 0 Å². The molecule has 0 aliphatic heterocycles. The third kappa shape index (κ3) is 58.7. The van der Waals surface area contributed by atoms with Crippen LogP contribution in [0.25, 0.3) is 0 Å². The number of unbranched alkanes of at least 4 members (excludes halogenated alkanes) is 23. The van der Waals surface area contributed by atoms with Gasteiger partial charge in [0.1, 0.15) is 13.2 Å². The lowest BCUT2D eigenvalue weighted by atomic mass is 10.1. The van der Waals surface area contributed by atoms with Crippen molar-refractivity contribution in [2.75, 3.05) is 13.2 Å². The molecule has 0 saturated heterocycles. The summed E-state index contributed by atoms with van der Waals surface area (Å²) < 4.78 is 16.8. The SMILES string of the molecule is CC/C=C\C/C=C\C/C=C\C/C=C\C/C=C\C/C=C\C/C=C\C/C=C\C/C=C\CCCCCC(=O)OCC(COC(=O)CCCCCCCCCCC)OC(=O)CCCCCCC/C=C\CCCCCCCCC. The van der Waals surface area contributed by atoms with Crippen LogP contribution in [0, 0.1) is 0 Å². The van der Waals surface area contributed by atoms with Crippen LogP contribution < -0.4 is 0 Å². The highest BCUT2D eigenvalue weighted by molar-refractivity contribution is 5.71. The Morgan fingerprint density at radius 1 is 0.284 bits per heavy atom. The number of ether oxygens (including phenoxy) is 3. The molecule has 420 valence electrons. The number of esters is 3. The summed E-state index contributed by atoms with van der Waals surface area (Å²) in [4.78, 5) is 38.1. The van der Waals surface area contributed by atoms with Crippen molar-refractivity contribution < 1.29 is 28.6 Å². The highest BCUT2D eigenvalue weighted by Gasteiger charge is 2.19. The fourth-order valence-electron chi connectivity index (χ4n) is 8.13. The van der Waals surface area contributed by atoms with Gasteiger partial charge in [-0.15, -0.1) is 0 Å². The fraction of sp³-hybridized carbons (Fsp3) is 0.662. The van der Waals surface area contributed by atoms with Crippen LogP contribution in [-0.2, 0) is 28.6 Å². The van der Waals surface area contributed by atoms with Crippen LogP contribution in [0.3, 0.4) is 0 Å². The second-order valence-electron chi connectivity index (χ2n) is 19.9. The van der Waals surface area contributed by atoms with Gasteiger partial charge in [0.25, 0.3) is 0 Å². The third-order valence-corrected chi connectivity index (χ3v) is 12.7. The fourth-order valence-corrected chi connectivity index (χ4v) is 8.13. The average Bonchev–Trinajstić information content (AvgIpc) is 3.40. The van der Waals surface area contributed by atoms with E-state index in [9.17, 15) is 14.4 Å². The Labute approximate surface area is 456 Å². The van der Waals surface area contributed by atoms with Gasteiger partial charge in [-0.05, 0) is 116 Å². The topological polar surface area (TPSA) is 78.9 Å². The summed E-state index contributed by atoms with van der Waals surface area (Å²) in [6, 6.07) is 0. The molecule has 1 unspecified atom stereocenters. The summed E-state index contributed by atoms with van der Waals surface area (Å²) in [6.45, 7) is 6.47. The van der Waals surface area contributed by atoms with E-state index < -0.39 is 6.10 Å². The van der Waals surface area contributed by atoms with Gasteiger partial charge >= 0.3 is 17.9 Å². The molecular formula is C68H112O6. The average molecular weight is 1030 g/mol. The first-order valence-electron chi connectivity index (χ1n) is 30.5. The van der Waals surface area contributed by atoms with Crippen molar-refractivity contribution >= 4 is 17.9 Å². The minimum Gasteiger partial charge on any atom is -0.462 e. The molecule has 0 aliphatic carbocycles. The molecule has 0 amide bonds. The van der Waals surface area contributed by atoms with Crippen molar-refractivity contribution in [3.8, 4) is 0 Å². The molecule has 0 radical (unpaired) electrons. The first-order valence-corrected chi connectivity index (χ1v) is 30.5. The molecule has 6 nitrogen and oxygen atoms in total. The summed E-state index contributed by atoms with van der Waals surface area (Å²) in [5.74, 6) is -0.937. The number of hydrogen-bond donors (Lipinski definition) is 0. The van der Waals surface area contributed by atoms with Gasteiger partial charge in [0, 0.05) is 19.3 Å². The van der Waals surface area contributed by atoms with Gasteiger partial charge in [-0.2, -0.15) is 0 Å². The second-order valence-corrected chi connectivity index (χ2v) is 19.9. The first kappa shape index (κ1) is 69.8. The number of hydrogen-bond acceptors (Lipinski definition) is 6. The van der Waals surface area contributed by atoms with E-state index in [1.807, 2.05) is 0 Å². The van der Waals surface area contributed by atoms with Crippen molar-refractivity contribution in [1.29, 1.82) is 0 Å². The molecule has 0 spiro atoms. The quantitative estimate of drug-likeness (QED) is 0.0261. The van der Waals surface area contributed by atoms with E-state index in [-0.39, 0.29) is 31.1 Å². The van der Waals surface area contributed by atoms with Crippen molar-refractivity contribution in [2.24, 2.45) is 0 Å². The Bertz CT molecular complexity index is 1550. The maximum absolute atomic E-state index is 12.8. The normalized spacial score (nSPS) is 13.0. The Kier molecular flexibility index (Phi) is 57.9. The summed E-state index contributed by atoms with van der Waals surface area (Å²) in [5, 5.41) is 0. The van der Waals surface area contributed by atoms with Crippen molar-refractivity contribution in [2.45, 2.75) is 277 Å². The number of carbonyl (C=O) groups excluding carboxylic acids is 3. The summed E-state index contributed by atoms with van der Waals surface area (Å²) >= 11 is 0. The lowest BCUT2D eigenvalue weighted by molar-refractivity contribution is -0.167. The molecule has 0 aromatic carbocycles. The Morgan fingerprint density at radius 3 is 0.851 bits per heavy atom. The molecule has 0 saturated carbocycles. The van der Waals surface area contributed by atoms with Crippen LogP contribution in [0.4, 0.5) is 0 Å². The van der Waals surface area contributed by atoms with E-state index >= 15 is 0 Å². The first-order chi connectivity index (χ1) is 36.5. The second kappa shape index (κ2) is 61.4. The minimum atomic E-state index is -0.796. The molecule has 0 aromatic rings. The molecule has 0 N–H and O–H groups in total. The van der Waals surface area contributed by atoms with E-state index in [0.29, 0.717) is 19.3 Å². The molecule has 0 aliphatic rings. The van der Waals surface area contributed by atoms with Gasteiger partial charge in [0.2, 0.25) is 0 Å². The van der Waals surface area contributed by atoms with Gasteiger partial charge in [-0.25, -0.2) is 0 Å². The standard InChI is InChI=1S/C68H112O6/c1-4-7-10-13-16-19-21-23-25-27-28-29-30-31-32-33-34-35-36-37-38-39-40-41-43-44-46-49-52-55-58-61-67(70)73-64-65(63-72-66(69)60-57-54-51-48-18-15-12-9-6-3)74-68(71)62-59-56-53-50-47-45-42-26-24-22-20-17-14-11-8-5-2/h7,10,16,19,23,25-26,28-29,31-32,34-35,37-38,40-42,44,46,65H,4-6,8-9,11-15,17-18,20-22,24,27,30,33,36,39,43,45,47-64H2,1-3H3/b10-7-,19-16-,25-23-,29-28-,32-31-,35-34-,38-37-,41-40-,42-26-,46-44-.